The number of nitrogens with zero attached hydrogens (tertiary/aromatic N) is 1. The predicted octanol–water partition coefficient (Wildman–Crippen LogP) is 3.43. The lowest BCUT2D eigenvalue weighted by Crippen LogP contribution is -2.21. The van der Waals surface area contributed by atoms with Crippen molar-refractivity contribution in [1.29, 1.82) is 0 Å². The molecule has 0 aliphatic carbocycles. The standard InChI is InChI=1S/C14H17BrN2O3S/c1-3-10(15)13(18)17-14-16-11-5-4-9(8-12(11)21-14)20-7-6-19-2/h4-5,8,10H,3,6-7H2,1-2H3,(H,16,17,18). The summed E-state index contributed by atoms with van der Waals surface area (Å²) in [4.78, 5) is 16.0. The number of hydrogen-bond acceptors (Lipinski definition) is 5. The Morgan fingerprint density at radius 1 is 1.48 bits per heavy atom. The van der Waals surface area contributed by atoms with Gasteiger partial charge in [0.05, 0.1) is 21.7 Å². The van der Waals surface area contributed by atoms with Crippen molar-refractivity contribution in [3.05, 3.63) is 18.2 Å². The maximum absolute atomic E-state index is 11.8. The highest BCUT2D eigenvalue weighted by Crippen LogP contribution is 2.29. The van der Waals surface area contributed by atoms with Gasteiger partial charge in [0, 0.05) is 7.11 Å². The summed E-state index contributed by atoms with van der Waals surface area (Å²) in [5.74, 6) is 0.695. The van der Waals surface area contributed by atoms with E-state index in [-0.39, 0.29) is 10.7 Å². The van der Waals surface area contributed by atoms with Crippen LogP contribution in [0.3, 0.4) is 0 Å². The molecule has 1 unspecified atom stereocenters. The van der Waals surface area contributed by atoms with Crippen LogP contribution in [0.1, 0.15) is 13.3 Å². The molecule has 0 saturated heterocycles. The van der Waals surface area contributed by atoms with E-state index in [1.165, 1.54) is 11.3 Å². The minimum atomic E-state index is -0.197. The van der Waals surface area contributed by atoms with Gasteiger partial charge in [-0.25, -0.2) is 4.98 Å². The molecule has 0 bridgehead atoms. The van der Waals surface area contributed by atoms with E-state index in [0.29, 0.717) is 18.3 Å². The smallest absolute Gasteiger partial charge is 0.239 e. The van der Waals surface area contributed by atoms with Crippen molar-refractivity contribution in [3.8, 4) is 5.75 Å². The number of aromatic nitrogens is 1. The molecule has 1 heterocycles. The molecule has 1 N–H and O–H groups in total. The summed E-state index contributed by atoms with van der Waals surface area (Å²) in [6, 6.07) is 5.67. The van der Waals surface area contributed by atoms with Gasteiger partial charge in [-0.2, -0.15) is 0 Å². The van der Waals surface area contributed by atoms with Gasteiger partial charge < -0.3 is 14.8 Å². The number of rotatable bonds is 7. The van der Waals surface area contributed by atoms with E-state index in [9.17, 15) is 4.79 Å². The normalized spacial score (nSPS) is 12.3. The third kappa shape index (κ3) is 4.39. The molecule has 0 aliphatic heterocycles. The van der Waals surface area contributed by atoms with E-state index in [4.69, 9.17) is 9.47 Å². The van der Waals surface area contributed by atoms with E-state index < -0.39 is 0 Å². The van der Waals surface area contributed by atoms with E-state index >= 15 is 0 Å². The summed E-state index contributed by atoms with van der Waals surface area (Å²) in [5, 5.41) is 3.41. The van der Waals surface area contributed by atoms with Gasteiger partial charge in [0.1, 0.15) is 12.4 Å². The number of alkyl halides is 1. The van der Waals surface area contributed by atoms with Crippen molar-refractivity contribution >= 4 is 48.5 Å². The second kappa shape index (κ2) is 7.72. The Morgan fingerprint density at radius 2 is 2.29 bits per heavy atom. The van der Waals surface area contributed by atoms with Crippen LogP contribution in [-0.2, 0) is 9.53 Å². The first kappa shape index (κ1) is 16.2. The molecule has 0 spiro atoms. The highest BCUT2D eigenvalue weighted by Gasteiger charge is 2.14. The first-order valence-electron chi connectivity index (χ1n) is 6.61. The Bertz CT molecular complexity index is 617. The molecule has 2 rings (SSSR count). The Hall–Kier alpha value is -1.18. The molecule has 0 fully saturated rings. The molecule has 0 aliphatic rings. The van der Waals surface area contributed by atoms with Gasteiger partial charge in [-0.3, -0.25) is 4.79 Å². The van der Waals surface area contributed by atoms with Gasteiger partial charge in [0.25, 0.3) is 0 Å². The number of thiazole rings is 1. The third-order valence-electron chi connectivity index (χ3n) is 2.79. The average Bonchev–Trinajstić information content (AvgIpc) is 2.88. The molecule has 1 aromatic heterocycles. The van der Waals surface area contributed by atoms with Gasteiger partial charge in [0.2, 0.25) is 5.91 Å². The van der Waals surface area contributed by atoms with Crippen LogP contribution in [0.4, 0.5) is 5.13 Å². The van der Waals surface area contributed by atoms with Crippen LogP contribution >= 0.6 is 27.3 Å². The van der Waals surface area contributed by atoms with Crippen LogP contribution in [0, 0.1) is 0 Å². The van der Waals surface area contributed by atoms with Crippen molar-refractivity contribution in [2.45, 2.75) is 18.2 Å². The van der Waals surface area contributed by atoms with Gasteiger partial charge in [-0.05, 0) is 24.6 Å². The predicted molar refractivity (Wildman–Crippen MR) is 88.6 cm³/mol. The number of hydrogen-bond donors (Lipinski definition) is 1. The van der Waals surface area contributed by atoms with Crippen LogP contribution in [0.5, 0.6) is 5.75 Å². The topological polar surface area (TPSA) is 60.5 Å². The van der Waals surface area contributed by atoms with Gasteiger partial charge in [0.15, 0.2) is 5.13 Å². The molecule has 0 radical (unpaired) electrons. The number of benzene rings is 1. The molecule has 5 nitrogen and oxygen atoms in total. The summed E-state index contributed by atoms with van der Waals surface area (Å²) >= 11 is 4.76. The molecular formula is C14H17BrN2O3S. The van der Waals surface area contributed by atoms with E-state index in [1.54, 1.807) is 7.11 Å². The van der Waals surface area contributed by atoms with Crippen LogP contribution in [-0.4, -0.2) is 36.0 Å². The van der Waals surface area contributed by atoms with Crippen molar-refractivity contribution in [2.75, 3.05) is 25.6 Å². The molecule has 7 heteroatoms. The molecule has 114 valence electrons. The Morgan fingerprint density at radius 3 is 3.00 bits per heavy atom. The molecule has 1 atom stereocenters. The van der Waals surface area contributed by atoms with Gasteiger partial charge >= 0.3 is 0 Å². The van der Waals surface area contributed by atoms with Gasteiger partial charge in [-0.1, -0.05) is 34.2 Å². The van der Waals surface area contributed by atoms with Crippen LogP contribution in [0.15, 0.2) is 18.2 Å². The molecule has 1 amide bonds. The zero-order valence-electron chi connectivity index (χ0n) is 11.9. The Labute approximate surface area is 135 Å². The Kier molecular flexibility index (Phi) is 5.96. The SMILES string of the molecule is CCC(Br)C(=O)Nc1nc2ccc(OCCOC)cc2s1. The Balaban J connectivity index is 2.08. The van der Waals surface area contributed by atoms with Crippen molar-refractivity contribution in [2.24, 2.45) is 0 Å². The lowest BCUT2D eigenvalue weighted by molar-refractivity contribution is -0.115. The lowest BCUT2D eigenvalue weighted by Gasteiger charge is -2.04. The third-order valence-corrected chi connectivity index (χ3v) is 4.79. The summed E-state index contributed by atoms with van der Waals surface area (Å²) in [6.45, 7) is 3.00. The lowest BCUT2D eigenvalue weighted by atomic mass is 10.3. The van der Waals surface area contributed by atoms with E-state index in [2.05, 4.69) is 26.2 Å². The number of amides is 1. The molecule has 0 saturated carbocycles. The van der Waals surface area contributed by atoms with Gasteiger partial charge in [-0.15, -0.1) is 0 Å². The van der Waals surface area contributed by atoms with E-state index in [1.807, 2.05) is 25.1 Å². The zero-order valence-corrected chi connectivity index (χ0v) is 14.3. The molecule has 2 aromatic rings. The van der Waals surface area contributed by atoms with Crippen molar-refractivity contribution < 1.29 is 14.3 Å². The largest absolute Gasteiger partial charge is 0.491 e. The first-order chi connectivity index (χ1) is 10.1. The highest BCUT2D eigenvalue weighted by molar-refractivity contribution is 9.10. The molecule has 1 aromatic carbocycles. The fraction of sp³-hybridized carbons (Fsp3) is 0.429. The van der Waals surface area contributed by atoms with Crippen LogP contribution in [0.2, 0.25) is 0 Å². The zero-order chi connectivity index (χ0) is 15.2. The second-order valence-electron chi connectivity index (χ2n) is 4.35. The number of methoxy groups -OCH3 is 1. The summed E-state index contributed by atoms with van der Waals surface area (Å²) in [7, 11) is 1.64. The van der Waals surface area contributed by atoms with Crippen LogP contribution < -0.4 is 10.1 Å². The number of carbonyl (C=O) groups excluding carboxylic acids is 1. The quantitative estimate of drug-likeness (QED) is 0.597. The van der Waals surface area contributed by atoms with E-state index in [0.717, 1.165) is 22.4 Å². The summed E-state index contributed by atoms with van der Waals surface area (Å²) in [5.41, 5.74) is 0.844. The number of halogens is 1. The maximum Gasteiger partial charge on any atom is 0.239 e. The monoisotopic (exact) mass is 372 g/mol. The number of fused-ring (bicyclic) bond motifs is 1. The second-order valence-corrected chi connectivity index (χ2v) is 6.49. The minimum Gasteiger partial charge on any atom is -0.491 e. The maximum atomic E-state index is 11.8. The molecular weight excluding hydrogens is 356 g/mol. The van der Waals surface area contributed by atoms with Crippen molar-refractivity contribution in [3.63, 3.8) is 0 Å². The minimum absolute atomic E-state index is 0.0758. The first-order valence-corrected chi connectivity index (χ1v) is 8.34. The number of ether oxygens (including phenoxy) is 2. The van der Waals surface area contributed by atoms with Crippen molar-refractivity contribution in [1.82, 2.24) is 4.98 Å². The fourth-order valence-electron chi connectivity index (χ4n) is 1.66. The number of anilines is 1. The number of nitrogens with one attached hydrogen (secondary N) is 1. The van der Waals surface area contributed by atoms with Crippen LogP contribution in [0.25, 0.3) is 10.2 Å². The summed E-state index contributed by atoms with van der Waals surface area (Å²) in [6.07, 6.45) is 0.730. The summed E-state index contributed by atoms with van der Waals surface area (Å²) < 4.78 is 11.5. The average molecular weight is 373 g/mol. The molecule has 21 heavy (non-hydrogen) atoms. The highest BCUT2D eigenvalue weighted by atomic mass is 79.9. The number of carbonyl (C=O) groups is 1. The fourth-order valence-corrected chi connectivity index (χ4v) is 2.67.